The fourth-order valence-corrected chi connectivity index (χ4v) is 2.10. The summed E-state index contributed by atoms with van der Waals surface area (Å²) in [5.41, 5.74) is 0.972. The maximum atomic E-state index is 11.8. The molecule has 0 amide bonds. The number of nitrogens with one attached hydrogen (secondary N) is 1. The number of carbonyl (C=O) groups is 1. The summed E-state index contributed by atoms with van der Waals surface area (Å²) >= 11 is 0. The molecule has 0 radical (unpaired) electrons. The van der Waals surface area contributed by atoms with E-state index in [-0.39, 0.29) is 18.4 Å². The zero-order valence-electron chi connectivity index (χ0n) is 12.8. The molecule has 1 N–H and O–H groups in total. The van der Waals surface area contributed by atoms with E-state index in [0.717, 1.165) is 11.3 Å². The van der Waals surface area contributed by atoms with Crippen LogP contribution in [0.1, 0.15) is 24.9 Å². The summed E-state index contributed by atoms with van der Waals surface area (Å²) in [6.07, 6.45) is 1.94. The molecule has 2 aromatic rings. The van der Waals surface area contributed by atoms with Gasteiger partial charge in [0.05, 0.1) is 26.2 Å². The normalized spacial score (nSPS) is 11.5. The van der Waals surface area contributed by atoms with Crippen LogP contribution in [0.25, 0.3) is 0 Å². The van der Waals surface area contributed by atoms with E-state index in [2.05, 4.69) is 10.3 Å². The first-order chi connectivity index (χ1) is 10.7. The van der Waals surface area contributed by atoms with Crippen molar-refractivity contribution in [2.45, 2.75) is 19.4 Å². The minimum absolute atomic E-state index is 0.208. The van der Waals surface area contributed by atoms with E-state index in [9.17, 15) is 4.79 Å². The molecule has 2 rings (SSSR count). The van der Waals surface area contributed by atoms with Crippen LogP contribution in [0.5, 0.6) is 5.75 Å². The minimum Gasteiger partial charge on any atom is -0.497 e. The molecule has 0 fully saturated rings. The first-order valence-corrected chi connectivity index (χ1v) is 7.20. The first kappa shape index (κ1) is 15.8. The van der Waals surface area contributed by atoms with Gasteiger partial charge < -0.3 is 14.8 Å². The largest absolute Gasteiger partial charge is 0.497 e. The van der Waals surface area contributed by atoms with E-state index >= 15 is 0 Å². The van der Waals surface area contributed by atoms with E-state index in [1.165, 1.54) is 0 Å². The average Bonchev–Trinajstić information content (AvgIpc) is 2.55. The highest BCUT2D eigenvalue weighted by molar-refractivity contribution is 5.71. The molecule has 5 heteroatoms. The van der Waals surface area contributed by atoms with E-state index in [1.54, 1.807) is 20.2 Å². The molecule has 1 atom stereocenters. The molecule has 1 aromatic heterocycles. The average molecular weight is 300 g/mol. The molecule has 0 aliphatic rings. The zero-order valence-corrected chi connectivity index (χ0v) is 12.8. The number of nitrogens with zero attached hydrogens (tertiary/aromatic N) is 1. The summed E-state index contributed by atoms with van der Waals surface area (Å²) in [5.74, 6) is 1.25. The van der Waals surface area contributed by atoms with Crippen molar-refractivity contribution in [3.8, 4) is 5.75 Å². The SMILES string of the molecule is CCOC(=O)CC(Nc1ccccn1)c1ccc(OC)cc1. The fraction of sp³-hybridized carbons (Fsp3) is 0.294. The molecule has 1 aromatic carbocycles. The van der Waals surface area contributed by atoms with Gasteiger partial charge in [-0.2, -0.15) is 0 Å². The number of carbonyl (C=O) groups excluding carboxylic acids is 1. The summed E-state index contributed by atoms with van der Waals surface area (Å²) in [4.78, 5) is 16.1. The number of ether oxygens (including phenoxy) is 2. The van der Waals surface area contributed by atoms with Crippen LogP contribution in [-0.4, -0.2) is 24.7 Å². The van der Waals surface area contributed by atoms with E-state index in [1.807, 2.05) is 42.5 Å². The van der Waals surface area contributed by atoms with E-state index < -0.39 is 0 Å². The van der Waals surface area contributed by atoms with Crippen LogP contribution >= 0.6 is 0 Å². The number of methoxy groups -OCH3 is 1. The van der Waals surface area contributed by atoms with Crippen LogP contribution in [0.15, 0.2) is 48.7 Å². The number of aromatic nitrogens is 1. The molecule has 0 bridgehead atoms. The zero-order chi connectivity index (χ0) is 15.8. The van der Waals surface area contributed by atoms with Crippen molar-refractivity contribution < 1.29 is 14.3 Å². The number of pyridine rings is 1. The third kappa shape index (κ3) is 4.48. The lowest BCUT2D eigenvalue weighted by molar-refractivity contribution is -0.143. The monoisotopic (exact) mass is 300 g/mol. The minimum atomic E-state index is -0.244. The van der Waals surface area contributed by atoms with Gasteiger partial charge in [0.25, 0.3) is 0 Å². The molecule has 22 heavy (non-hydrogen) atoms. The van der Waals surface area contributed by atoms with Crippen molar-refractivity contribution >= 4 is 11.8 Å². The van der Waals surface area contributed by atoms with Gasteiger partial charge in [-0.3, -0.25) is 4.79 Å². The number of hydrogen-bond acceptors (Lipinski definition) is 5. The fourth-order valence-electron chi connectivity index (χ4n) is 2.10. The molecular formula is C17H20N2O3. The second-order valence-electron chi connectivity index (χ2n) is 4.69. The van der Waals surface area contributed by atoms with Gasteiger partial charge in [-0.25, -0.2) is 4.98 Å². The van der Waals surface area contributed by atoms with Crippen molar-refractivity contribution in [3.63, 3.8) is 0 Å². The summed E-state index contributed by atoms with van der Waals surface area (Å²) in [7, 11) is 1.62. The van der Waals surface area contributed by atoms with Crippen molar-refractivity contribution in [3.05, 3.63) is 54.2 Å². The molecular weight excluding hydrogens is 280 g/mol. The highest BCUT2D eigenvalue weighted by Crippen LogP contribution is 2.24. The molecule has 116 valence electrons. The van der Waals surface area contributed by atoms with Crippen LogP contribution in [0, 0.1) is 0 Å². The Kier molecular flexibility index (Phi) is 5.77. The quantitative estimate of drug-likeness (QED) is 0.796. The summed E-state index contributed by atoms with van der Waals surface area (Å²) in [5, 5.41) is 3.27. The maximum absolute atomic E-state index is 11.8. The van der Waals surface area contributed by atoms with Gasteiger partial charge in [0.15, 0.2) is 0 Å². The highest BCUT2D eigenvalue weighted by atomic mass is 16.5. The standard InChI is InChI=1S/C17H20N2O3/c1-3-22-17(20)12-15(19-16-6-4-5-11-18-16)13-7-9-14(21-2)10-8-13/h4-11,15H,3,12H2,1-2H3,(H,18,19). The third-order valence-corrected chi connectivity index (χ3v) is 3.18. The molecule has 0 aliphatic heterocycles. The molecule has 1 heterocycles. The smallest absolute Gasteiger partial charge is 0.308 e. The van der Waals surface area contributed by atoms with E-state index in [0.29, 0.717) is 12.4 Å². The van der Waals surface area contributed by atoms with E-state index in [4.69, 9.17) is 9.47 Å². The topological polar surface area (TPSA) is 60.5 Å². The van der Waals surface area contributed by atoms with Crippen molar-refractivity contribution in [2.24, 2.45) is 0 Å². The molecule has 0 saturated carbocycles. The van der Waals surface area contributed by atoms with Gasteiger partial charge in [-0.15, -0.1) is 0 Å². The Labute approximate surface area is 130 Å². The summed E-state index contributed by atoms with van der Waals surface area (Å²) in [6, 6.07) is 13.0. The summed E-state index contributed by atoms with van der Waals surface area (Å²) in [6.45, 7) is 2.17. The Balaban J connectivity index is 2.17. The maximum Gasteiger partial charge on any atom is 0.308 e. The van der Waals surface area contributed by atoms with Crippen molar-refractivity contribution in [1.29, 1.82) is 0 Å². The van der Waals surface area contributed by atoms with Gasteiger partial charge in [0.2, 0.25) is 0 Å². The number of hydrogen-bond donors (Lipinski definition) is 1. The highest BCUT2D eigenvalue weighted by Gasteiger charge is 2.17. The Morgan fingerprint density at radius 3 is 2.59 bits per heavy atom. The molecule has 0 aliphatic carbocycles. The lowest BCUT2D eigenvalue weighted by atomic mass is 10.0. The third-order valence-electron chi connectivity index (χ3n) is 3.18. The van der Waals surface area contributed by atoms with Gasteiger partial charge in [-0.1, -0.05) is 18.2 Å². The number of esters is 1. The predicted octanol–water partition coefficient (Wildman–Crippen LogP) is 3.20. The lowest BCUT2D eigenvalue weighted by Gasteiger charge is -2.19. The summed E-state index contributed by atoms with van der Waals surface area (Å²) < 4.78 is 10.2. The number of benzene rings is 1. The molecule has 5 nitrogen and oxygen atoms in total. The van der Waals surface area contributed by atoms with Crippen LogP contribution in [0.3, 0.4) is 0 Å². The lowest BCUT2D eigenvalue weighted by Crippen LogP contribution is -2.17. The predicted molar refractivity (Wildman–Crippen MR) is 84.8 cm³/mol. The number of anilines is 1. The Morgan fingerprint density at radius 1 is 1.23 bits per heavy atom. The Bertz CT molecular complexity index is 585. The first-order valence-electron chi connectivity index (χ1n) is 7.20. The van der Waals surface area contributed by atoms with Gasteiger partial charge >= 0.3 is 5.97 Å². The van der Waals surface area contributed by atoms with Crippen LogP contribution in [0.2, 0.25) is 0 Å². The van der Waals surface area contributed by atoms with Crippen molar-refractivity contribution in [2.75, 3.05) is 19.0 Å². The molecule has 0 spiro atoms. The second kappa shape index (κ2) is 8.02. The van der Waals surface area contributed by atoms with Crippen LogP contribution < -0.4 is 10.1 Å². The molecule has 0 saturated heterocycles. The van der Waals surface area contributed by atoms with Crippen LogP contribution in [0.4, 0.5) is 5.82 Å². The van der Waals surface area contributed by atoms with Gasteiger partial charge in [0.1, 0.15) is 11.6 Å². The number of rotatable bonds is 7. The Morgan fingerprint density at radius 2 is 2.00 bits per heavy atom. The Hall–Kier alpha value is -2.56. The molecule has 1 unspecified atom stereocenters. The second-order valence-corrected chi connectivity index (χ2v) is 4.69. The van der Waals surface area contributed by atoms with Gasteiger partial charge in [0, 0.05) is 6.20 Å². The van der Waals surface area contributed by atoms with Gasteiger partial charge in [-0.05, 0) is 36.8 Å². The van der Waals surface area contributed by atoms with Crippen LogP contribution in [-0.2, 0) is 9.53 Å². The van der Waals surface area contributed by atoms with Crippen molar-refractivity contribution in [1.82, 2.24) is 4.98 Å².